The van der Waals surface area contributed by atoms with Crippen LogP contribution in [-0.4, -0.2) is 12.1 Å². The van der Waals surface area contributed by atoms with E-state index in [9.17, 15) is 5.02 Å². The van der Waals surface area contributed by atoms with Crippen molar-refractivity contribution in [2.75, 3.05) is 0 Å². The van der Waals surface area contributed by atoms with Crippen LogP contribution in [0.2, 0.25) is 0 Å². The first-order chi connectivity index (χ1) is 10.9. The molecule has 1 unspecified atom stereocenters. The highest BCUT2D eigenvalue weighted by molar-refractivity contribution is 6.62. The van der Waals surface area contributed by atoms with Crippen LogP contribution in [0.3, 0.4) is 0 Å². The zero-order valence-electron chi connectivity index (χ0n) is 13.7. The quantitative estimate of drug-likeness (QED) is 0.679. The minimum Gasteiger partial charge on any atom is -0.457 e. The third kappa shape index (κ3) is 2.72. The number of benzene rings is 2. The van der Waals surface area contributed by atoms with Gasteiger partial charge in [0.2, 0.25) is 0 Å². The number of hydrogen-bond acceptors (Lipinski definition) is 3. The zero-order valence-corrected chi connectivity index (χ0v) is 13.7. The summed E-state index contributed by atoms with van der Waals surface area (Å²) in [5, 5.41) is 9.96. The summed E-state index contributed by atoms with van der Waals surface area (Å²) in [7, 11) is -0.865. The summed E-state index contributed by atoms with van der Waals surface area (Å²) in [5.41, 5.74) is 5.20. The van der Waals surface area contributed by atoms with E-state index >= 15 is 0 Å². The van der Waals surface area contributed by atoms with Crippen LogP contribution in [0, 0.1) is 27.3 Å². The smallest absolute Gasteiger partial charge is 0.457 e. The van der Waals surface area contributed by atoms with Gasteiger partial charge in [0.1, 0.15) is 11.5 Å². The van der Waals surface area contributed by atoms with E-state index in [4.69, 9.17) is 16.0 Å². The Labute approximate surface area is 136 Å². The molecule has 0 spiro atoms. The van der Waals surface area contributed by atoms with E-state index in [1.807, 2.05) is 52.0 Å². The highest BCUT2D eigenvalue weighted by Crippen LogP contribution is 2.34. The van der Waals surface area contributed by atoms with Crippen molar-refractivity contribution >= 4 is 18.3 Å². The molecule has 4 nitrogen and oxygen atoms in total. The van der Waals surface area contributed by atoms with Gasteiger partial charge in [-0.1, -0.05) is 0 Å². The standard InChI is InChI=1S/C18H18BNO3/c1-10-8-17(11(2)7-16(10)20-5)22-14-6-12(3)18-15(9-14)13(4)23-19(18)21/h6-9,13,21H,1-4H3. The van der Waals surface area contributed by atoms with Gasteiger partial charge in [0, 0.05) is 0 Å². The Balaban J connectivity index is 1.99. The third-order valence-corrected chi connectivity index (χ3v) is 4.25. The Bertz CT molecular complexity index is 826. The highest BCUT2D eigenvalue weighted by Gasteiger charge is 2.34. The molecule has 0 amide bonds. The summed E-state index contributed by atoms with van der Waals surface area (Å²) >= 11 is 0. The molecule has 1 heterocycles. The minimum atomic E-state index is -0.865. The Hall–Kier alpha value is -2.29. The number of ether oxygens (including phenoxy) is 1. The van der Waals surface area contributed by atoms with Gasteiger partial charge in [0.25, 0.3) is 0 Å². The molecule has 1 atom stereocenters. The van der Waals surface area contributed by atoms with Crippen molar-refractivity contribution in [3.63, 3.8) is 0 Å². The van der Waals surface area contributed by atoms with E-state index in [0.717, 1.165) is 33.5 Å². The Morgan fingerprint density at radius 1 is 1.13 bits per heavy atom. The molecular formula is C18H18BNO3. The van der Waals surface area contributed by atoms with E-state index in [-0.39, 0.29) is 6.10 Å². The van der Waals surface area contributed by atoms with Gasteiger partial charge >= 0.3 is 7.12 Å². The van der Waals surface area contributed by atoms with Gasteiger partial charge in [0.15, 0.2) is 5.69 Å². The molecule has 0 aliphatic carbocycles. The van der Waals surface area contributed by atoms with E-state index < -0.39 is 7.12 Å². The van der Waals surface area contributed by atoms with Crippen molar-refractivity contribution in [1.29, 1.82) is 0 Å². The number of hydrogen-bond donors (Lipinski definition) is 1. The molecule has 0 saturated carbocycles. The maximum atomic E-state index is 9.96. The monoisotopic (exact) mass is 307 g/mol. The first-order valence-corrected chi connectivity index (χ1v) is 7.55. The van der Waals surface area contributed by atoms with Gasteiger partial charge in [-0.15, -0.1) is 0 Å². The normalized spacial score (nSPS) is 16.2. The van der Waals surface area contributed by atoms with Crippen LogP contribution >= 0.6 is 0 Å². The topological polar surface area (TPSA) is 43.0 Å². The Kier molecular flexibility index (Phi) is 3.89. The summed E-state index contributed by atoms with van der Waals surface area (Å²) in [5.74, 6) is 1.45. The molecule has 5 heteroatoms. The highest BCUT2D eigenvalue weighted by atomic mass is 16.5. The van der Waals surface area contributed by atoms with Crippen LogP contribution in [0.15, 0.2) is 24.3 Å². The molecule has 116 valence electrons. The second kappa shape index (κ2) is 5.73. The molecule has 0 radical (unpaired) electrons. The first-order valence-electron chi connectivity index (χ1n) is 7.55. The van der Waals surface area contributed by atoms with E-state index in [1.54, 1.807) is 0 Å². The van der Waals surface area contributed by atoms with E-state index in [1.165, 1.54) is 0 Å². The average molecular weight is 307 g/mol. The lowest BCUT2D eigenvalue weighted by Gasteiger charge is -2.14. The van der Waals surface area contributed by atoms with Crippen LogP contribution in [0.25, 0.3) is 4.85 Å². The van der Waals surface area contributed by atoms with E-state index in [2.05, 4.69) is 4.85 Å². The lowest BCUT2D eigenvalue weighted by molar-refractivity contribution is 0.208. The molecule has 0 fully saturated rings. The molecule has 3 rings (SSSR count). The van der Waals surface area contributed by atoms with Gasteiger partial charge in [-0.25, -0.2) is 4.85 Å². The van der Waals surface area contributed by atoms with Crippen LogP contribution in [0.1, 0.15) is 35.3 Å². The SMILES string of the molecule is [C-]#[N+]c1cc(C)c(Oc2cc(C)c3c(c2)C(C)OB3O)cc1C. The molecule has 1 N–H and O–H groups in total. The van der Waals surface area contributed by atoms with Crippen molar-refractivity contribution in [1.82, 2.24) is 0 Å². The second-order valence-corrected chi connectivity index (χ2v) is 5.99. The molecule has 1 aliphatic heterocycles. The number of fused-ring (bicyclic) bond motifs is 1. The molecule has 2 aromatic carbocycles. The predicted octanol–water partition coefficient (Wildman–Crippen LogP) is 3.73. The maximum absolute atomic E-state index is 9.96. The molecule has 0 aromatic heterocycles. The fraction of sp³-hybridized carbons (Fsp3) is 0.278. The van der Waals surface area contributed by atoms with Crippen molar-refractivity contribution in [2.24, 2.45) is 0 Å². The largest absolute Gasteiger partial charge is 0.492 e. The van der Waals surface area contributed by atoms with Gasteiger partial charge in [0.05, 0.1) is 12.7 Å². The zero-order chi connectivity index (χ0) is 16.7. The molecule has 1 aliphatic rings. The van der Waals surface area contributed by atoms with Gasteiger partial charge in [-0.3, -0.25) is 0 Å². The summed E-state index contributed by atoms with van der Waals surface area (Å²) < 4.78 is 11.5. The third-order valence-electron chi connectivity index (χ3n) is 4.25. The van der Waals surface area contributed by atoms with Crippen LogP contribution in [-0.2, 0) is 4.65 Å². The van der Waals surface area contributed by atoms with Gasteiger partial charge < -0.3 is 14.4 Å². The molecule has 23 heavy (non-hydrogen) atoms. The van der Waals surface area contributed by atoms with Crippen LogP contribution in [0.4, 0.5) is 5.69 Å². The summed E-state index contributed by atoms with van der Waals surface area (Å²) in [6.45, 7) is 14.9. The summed E-state index contributed by atoms with van der Waals surface area (Å²) in [6, 6.07) is 7.55. The first kappa shape index (κ1) is 15.6. The maximum Gasteiger partial charge on any atom is 0.492 e. The number of nitrogens with zero attached hydrogens (tertiary/aromatic N) is 1. The molecular weight excluding hydrogens is 289 g/mol. The predicted molar refractivity (Wildman–Crippen MR) is 90.5 cm³/mol. The summed E-state index contributed by atoms with van der Waals surface area (Å²) in [4.78, 5) is 3.51. The van der Waals surface area contributed by atoms with Crippen LogP contribution < -0.4 is 10.2 Å². The van der Waals surface area contributed by atoms with Crippen molar-refractivity contribution in [3.05, 3.63) is 57.9 Å². The Morgan fingerprint density at radius 2 is 1.87 bits per heavy atom. The Morgan fingerprint density at radius 3 is 2.57 bits per heavy atom. The van der Waals surface area contributed by atoms with E-state index in [0.29, 0.717) is 11.4 Å². The molecule has 0 bridgehead atoms. The lowest BCUT2D eigenvalue weighted by Crippen LogP contribution is -2.30. The van der Waals surface area contributed by atoms with Crippen molar-refractivity contribution in [3.8, 4) is 11.5 Å². The lowest BCUT2D eigenvalue weighted by atomic mass is 9.76. The van der Waals surface area contributed by atoms with Crippen molar-refractivity contribution in [2.45, 2.75) is 33.8 Å². The molecule has 2 aromatic rings. The number of rotatable bonds is 2. The number of aryl methyl sites for hydroxylation is 3. The summed E-state index contributed by atoms with van der Waals surface area (Å²) in [6.07, 6.45) is -0.158. The second-order valence-electron chi connectivity index (χ2n) is 5.99. The fourth-order valence-electron chi connectivity index (χ4n) is 2.99. The van der Waals surface area contributed by atoms with Gasteiger partial charge in [-0.05, 0) is 79.7 Å². The van der Waals surface area contributed by atoms with Gasteiger partial charge in [-0.2, -0.15) is 0 Å². The van der Waals surface area contributed by atoms with Crippen molar-refractivity contribution < 1.29 is 14.4 Å². The minimum absolute atomic E-state index is 0.158. The van der Waals surface area contributed by atoms with Crippen LogP contribution in [0.5, 0.6) is 11.5 Å². The molecule has 0 saturated heterocycles. The average Bonchev–Trinajstić information content (AvgIpc) is 2.77. The fourth-order valence-corrected chi connectivity index (χ4v) is 2.99.